The van der Waals surface area contributed by atoms with Gasteiger partial charge < -0.3 is 9.47 Å². The molecule has 2 heteroatoms. The highest BCUT2D eigenvalue weighted by Crippen LogP contribution is 2.21. The van der Waals surface area contributed by atoms with Gasteiger partial charge in [0.2, 0.25) is 0 Å². The van der Waals surface area contributed by atoms with Crippen LogP contribution in [0.15, 0.2) is 12.2 Å². The fraction of sp³-hybridized carbons (Fsp3) is 0.750. The molecule has 0 amide bonds. The lowest BCUT2D eigenvalue weighted by atomic mass is 10.0. The van der Waals surface area contributed by atoms with Gasteiger partial charge >= 0.3 is 0 Å². The van der Waals surface area contributed by atoms with E-state index in [9.17, 15) is 0 Å². The topological polar surface area (TPSA) is 18.5 Å². The molecule has 1 aliphatic heterocycles. The van der Waals surface area contributed by atoms with E-state index in [0.717, 1.165) is 26.1 Å². The Morgan fingerprint density at radius 2 is 1.40 bits per heavy atom. The molecule has 56 valence electrons. The van der Waals surface area contributed by atoms with E-state index in [1.54, 1.807) is 0 Å². The summed E-state index contributed by atoms with van der Waals surface area (Å²) in [4.78, 5) is 0. The average molecular weight is 140 g/mol. The predicted molar refractivity (Wildman–Crippen MR) is 37.9 cm³/mol. The molecule has 1 fully saturated rings. The zero-order chi connectivity index (χ0) is 6.81. The molecule has 2 aliphatic rings. The van der Waals surface area contributed by atoms with E-state index in [2.05, 4.69) is 12.2 Å². The Morgan fingerprint density at radius 3 is 1.90 bits per heavy atom. The van der Waals surface area contributed by atoms with E-state index in [1.807, 2.05) is 0 Å². The summed E-state index contributed by atoms with van der Waals surface area (Å²) in [6, 6.07) is 0. The molecule has 2 unspecified atom stereocenters. The minimum absolute atomic E-state index is 0.346. The van der Waals surface area contributed by atoms with Crippen molar-refractivity contribution in [2.75, 3.05) is 13.2 Å². The van der Waals surface area contributed by atoms with Crippen molar-refractivity contribution < 1.29 is 9.47 Å². The fourth-order valence-corrected chi connectivity index (χ4v) is 1.51. The molecule has 2 rings (SSSR count). The molecule has 10 heavy (non-hydrogen) atoms. The Morgan fingerprint density at radius 1 is 0.900 bits per heavy atom. The molecular weight excluding hydrogens is 128 g/mol. The summed E-state index contributed by atoms with van der Waals surface area (Å²) in [5.41, 5.74) is 0. The predicted octanol–water partition coefficient (Wildman–Crippen LogP) is 1.12. The number of fused-ring (bicyclic) bond motifs is 1. The van der Waals surface area contributed by atoms with Crippen LogP contribution in [0.4, 0.5) is 0 Å². The third-order valence-corrected chi connectivity index (χ3v) is 2.07. The summed E-state index contributed by atoms with van der Waals surface area (Å²) < 4.78 is 11.0. The second-order valence-electron chi connectivity index (χ2n) is 2.76. The number of hydrogen-bond acceptors (Lipinski definition) is 2. The maximum Gasteiger partial charge on any atom is 0.0875 e. The molecule has 0 aromatic carbocycles. The van der Waals surface area contributed by atoms with Gasteiger partial charge in [-0.05, 0) is 12.8 Å². The molecule has 0 spiro atoms. The van der Waals surface area contributed by atoms with Gasteiger partial charge in [-0.2, -0.15) is 0 Å². The lowest BCUT2D eigenvalue weighted by Crippen LogP contribution is -2.39. The molecule has 1 aliphatic carbocycles. The molecule has 1 heterocycles. The Bertz CT molecular complexity index is 126. The highest BCUT2D eigenvalue weighted by Gasteiger charge is 2.26. The second kappa shape index (κ2) is 2.72. The van der Waals surface area contributed by atoms with Gasteiger partial charge in [-0.25, -0.2) is 0 Å². The van der Waals surface area contributed by atoms with Crippen molar-refractivity contribution in [2.45, 2.75) is 25.0 Å². The van der Waals surface area contributed by atoms with Crippen LogP contribution in [0.3, 0.4) is 0 Å². The quantitative estimate of drug-likeness (QED) is 0.469. The maximum atomic E-state index is 5.51. The number of ether oxygens (including phenoxy) is 2. The van der Waals surface area contributed by atoms with Gasteiger partial charge in [0, 0.05) is 0 Å². The first-order valence-electron chi connectivity index (χ1n) is 3.85. The summed E-state index contributed by atoms with van der Waals surface area (Å²) in [6.45, 7) is 1.55. The minimum Gasteiger partial charge on any atom is -0.373 e. The molecule has 0 bridgehead atoms. The van der Waals surface area contributed by atoms with Crippen molar-refractivity contribution in [3.8, 4) is 0 Å². The van der Waals surface area contributed by atoms with Gasteiger partial charge in [0.15, 0.2) is 0 Å². The molecule has 2 atom stereocenters. The van der Waals surface area contributed by atoms with Gasteiger partial charge in [-0.3, -0.25) is 0 Å². The fourth-order valence-electron chi connectivity index (χ4n) is 1.51. The van der Waals surface area contributed by atoms with Gasteiger partial charge in [-0.1, -0.05) is 12.2 Å². The van der Waals surface area contributed by atoms with Crippen LogP contribution in [0.1, 0.15) is 12.8 Å². The Kier molecular flexibility index (Phi) is 1.74. The highest BCUT2D eigenvalue weighted by atomic mass is 16.6. The minimum atomic E-state index is 0.346. The van der Waals surface area contributed by atoms with Crippen LogP contribution < -0.4 is 0 Å². The molecule has 0 radical (unpaired) electrons. The molecule has 1 saturated heterocycles. The van der Waals surface area contributed by atoms with Crippen LogP contribution in [0.2, 0.25) is 0 Å². The average Bonchev–Trinajstić information content (AvgIpc) is 2.05. The lowest BCUT2D eigenvalue weighted by molar-refractivity contribution is -0.139. The smallest absolute Gasteiger partial charge is 0.0875 e. The first-order chi connectivity index (χ1) is 4.97. The first-order valence-corrected chi connectivity index (χ1v) is 3.85. The van der Waals surface area contributed by atoms with Gasteiger partial charge in [0.1, 0.15) is 0 Å². The Labute approximate surface area is 60.8 Å². The molecule has 2 nitrogen and oxygen atoms in total. The van der Waals surface area contributed by atoms with E-state index in [4.69, 9.17) is 9.47 Å². The van der Waals surface area contributed by atoms with Crippen LogP contribution in [0.25, 0.3) is 0 Å². The van der Waals surface area contributed by atoms with Crippen molar-refractivity contribution in [3.63, 3.8) is 0 Å². The summed E-state index contributed by atoms with van der Waals surface area (Å²) in [6.07, 6.45) is 7.11. The summed E-state index contributed by atoms with van der Waals surface area (Å²) >= 11 is 0. The van der Waals surface area contributed by atoms with Gasteiger partial charge in [-0.15, -0.1) is 0 Å². The van der Waals surface area contributed by atoms with Gasteiger partial charge in [0.05, 0.1) is 25.4 Å². The summed E-state index contributed by atoms with van der Waals surface area (Å²) in [5, 5.41) is 0. The molecule has 0 saturated carbocycles. The van der Waals surface area contributed by atoms with Crippen LogP contribution in [0.5, 0.6) is 0 Å². The standard InChI is InChI=1S/C8H12O2/c1-2-4-8-7(3-1)9-5-6-10-8/h1-2,7-8H,3-6H2. The molecule has 0 aromatic heterocycles. The van der Waals surface area contributed by atoms with Crippen LogP contribution in [-0.2, 0) is 9.47 Å². The second-order valence-corrected chi connectivity index (χ2v) is 2.76. The third kappa shape index (κ3) is 1.09. The zero-order valence-corrected chi connectivity index (χ0v) is 5.95. The van der Waals surface area contributed by atoms with Crippen LogP contribution in [-0.4, -0.2) is 25.4 Å². The monoisotopic (exact) mass is 140 g/mol. The van der Waals surface area contributed by atoms with Crippen molar-refractivity contribution in [1.29, 1.82) is 0 Å². The third-order valence-electron chi connectivity index (χ3n) is 2.07. The van der Waals surface area contributed by atoms with E-state index in [0.29, 0.717) is 12.2 Å². The van der Waals surface area contributed by atoms with Crippen molar-refractivity contribution >= 4 is 0 Å². The SMILES string of the molecule is C1=CCC2OCCOC2C1. The van der Waals surface area contributed by atoms with E-state index in [1.165, 1.54) is 0 Å². The molecule has 0 N–H and O–H groups in total. The summed E-state index contributed by atoms with van der Waals surface area (Å²) in [5.74, 6) is 0. The van der Waals surface area contributed by atoms with Crippen LogP contribution >= 0.6 is 0 Å². The van der Waals surface area contributed by atoms with Crippen molar-refractivity contribution in [3.05, 3.63) is 12.2 Å². The van der Waals surface area contributed by atoms with Crippen molar-refractivity contribution in [1.82, 2.24) is 0 Å². The zero-order valence-electron chi connectivity index (χ0n) is 5.95. The largest absolute Gasteiger partial charge is 0.373 e. The molecule has 0 aromatic rings. The highest BCUT2D eigenvalue weighted by molar-refractivity contribution is 4.97. The molecular formula is C8H12O2. The maximum absolute atomic E-state index is 5.51. The first kappa shape index (κ1) is 6.38. The van der Waals surface area contributed by atoms with Crippen LogP contribution in [0, 0.1) is 0 Å². The number of rotatable bonds is 0. The van der Waals surface area contributed by atoms with Gasteiger partial charge in [0.25, 0.3) is 0 Å². The Hall–Kier alpha value is -0.340. The Balaban J connectivity index is 2.01. The lowest BCUT2D eigenvalue weighted by Gasteiger charge is -2.32. The van der Waals surface area contributed by atoms with E-state index >= 15 is 0 Å². The summed E-state index contributed by atoms with van der Waals surface area (Å²) in [7, 11) is 0. The number of hydrogen-bond donors (Lipinski definition) is 0. The van der Waals surface area contributed by atoms with E-state index < -0.39 is 0 Å². The van der Waals surface area contributed by atoms with E-state index in [-0.39, 0.29) is 0 Å². The normalized spacial score (nSPS) is 39.2. The van der Waals surface area contributed by atoms with Crippen molar-refractivity contribution in [2.24, 2.45) is 0 Å².